The predicted molar refractivity (Wildman–Crippen MR) is 91.5 cm³/mol. The molecule has 5 heteroatoms. The fraction of sp³-hybridized carbons (Fsp3) is 0.111. The highest BCUT2D eigenvalue weighted by molar-refractivity contribution is 7.15. The summed E-state index contributed by atoms with van der Waals surface area (Å²) in [6, 6.07) is 10.4. The van der Waals surface area contributed by atoms with Crippen LogP contribution in [0, 0.1) is 19.7 Å². The van der Waals surface area contributed by atoms with Gasteiger partial charge in [0.15, 0.2) is 4.96 Å². The molecule has 0 saturated carbocycles. The van der Waals surface area contributed by atoms with Gasteiger partial charge in [-0.2, -0.15) is 0 Å². The van der Waals surface area contributed by atoms with Crippen molar-refractivity contribution in [3.05, 3.63) is 73.8 Å². The Balaban J connectivity index is 2.05. The molecule has 0 spiro atoms. The Morgan fingerprint density at radius 2 is 1.91 bits per heavy atom. The fourth-order valence-corrected chi connectivity index (χ4v) is 3.63. The third-order valence-corrected chi connectivity index (χ3v) is 5.01. The number of hydrogen-bond acceptors (Lipinski definition) is 3. The number of rotatable bonds is 1. The molecule has 0 aliphatic rings. The van der Waals surface area contributed by atoms with Crippen molar-refractivity contribution in [2.75, 3.05) is 0 Å². The summed E-state index contributed by atoms with van der Waals surface area (Å²) in [5.74, 6) is -0.339. The molecule has 0 aliphatic heterocycles. The number of imidazole rings is 1. The molecule has 4 rings (SSSR count). The number of nitrogens with zero attached hydrogens (tertiary/aromatic N) is 2. The van der Waals surface area contributed by atoms with Gasteiger partial charge in [-0.15, -0.1) is 0 Å². The van der Waals surface area contributed by atoms with Gasteiger partial charge in [0.05, 0.1) is 15.6 Å². The van der Waals surface area contributed by atoms with E-state index in [1.165, 1.54) is 17.4 Å². The molecule has 3 nitrogen and oxygen atoms in total. The van der Waals surface area contributed by atoms with Crippen LogP contribution in [-0.4, -0.2) is 9.38 Å². The molecule has 0 aliphatic carbocycles. The van der Waals surface area contributed by atoms with Gasteiger partial charge < -0.3 is 0 Å². The van der Waals surface area contributed by atoms with Crippen LogP contribution in [0.1, 0.15) is 16.7 Å². The van der Waals surface area contributed by atoms with E-state index in [2.05, 4.69) is 4.98 Å². The zero-order chi connectivity index (χ0) is 16.1. The summed E-state index contributed by atoms with van der Waals surface area (Å²) in [6.45, 7) is 4.04. The van der Waals surface area contributed by atoms with Crippen molar-refractivity contribution >= 4 is 33.4 Å². The highest BCUT2D eigenvalue weighted by atomic mass is 32.1. The molecule has 114 valence electrons. The molecule has 0 radical (unpaired) electrons. The van der Waals surface area contributed by atoms with E-state index in [4.69, 9.17) is 0 Å². The van der Waals surface area contributed by atoms with Gasteiger partial charge in [-0.1, -0.05) is 29.5 Å². The van der Waals surface area contributed by atoms with Gasteiger partial charge in [0, 0.05) is 5.56 Å². The molecule has 0 unspecified atom stereocenters. The van der Waals surface area contributed by atoms with E-state index in [-0.39, 0.29) is 11.4 Å². The summed E-state index contributed by atoms with van der Waals surface area (Å²) >= 11 is 1.28. The van der Waals surface area contributed by atoms with Crippen LogP contribution in [-0.2, 0) is 0 Å². The summed E-state index contributed by atoms with van der Waals surface area (Å²) in [4.78, 5) is 17.9. The minimum absolute atomic E-state index is 0.154. The van der Waals surface area contributed by atoms with Gasteiger partial charge in [-0.25, -0.2) is 13.8 Å². The second-order valence-electron chi connectivity index (χ2n) is 5.59. The summed E-state index contributed by atoms with van der Waals surface area (Å²) < 4.78 is 15.9. The van der Waals surface area contributed by atoms with Crippen LogP contribution < -0.4 is 10.1 Å². The number of halogens is 1. The van der Waals surface area contributed by atoms with Crippen LogP contribution in [0.5, 0.6) is 0 Å². The third-order valence-electron chi connectivity index (χ3n) is 4.05. The molecule has 4 aromatic rings. The lowest BCUT2D eigenvalue weighted by Gasteiger charge is -1.98. The molecule has 2 aromatic heterocycles. The van der Waals surface area contributed by atoms with Crippen LogP contribution >= 0.6 is 11.3 Å². The van der Waals surface area contributed by atoms with E-state index >= 15 is 0 Å². The molecular weight excluding hydrogens is 311 g/mol. The minimum atomic E-state index is -0.339. The number of aryl methyl sites for hydroxylation is 2. The first kappa shape index (κ1) is 14.1. The van der Waals surface area contributed by atoms with Crippen molar-refractivity contribution in [3.63, 3.8) is 0 Å². The number of benzene rings is 2. The lowest BCUT2D eigenvalue weighted by Crippen LogP contribution is -2.22. The summed E-state index contributed by atoms with van der Waals surface area (Å²) in [5, 5.41) is 0. The minimum Gasteiger partial charge on any atom is -0.267 e. The van der Waals surface area contributed by atoms with Crippen molar-refractivity contribution in [1.82, 2.24) is 9.38 Å². The number of hydrogen-bond donors (Lipinski definition) is 0. The van der Waals surface area contributed by atoms with Crippen molar-refractivity contribution in [3.8, 4) is 0 Å². The van der Waals surface area contributed by atoms with Gasteiger partial charge in [-0.05, 0) is 49.2 Å². The van der Waals surface area contributed by atoms with Crippen molar-refractivity contribution in [2.24, 2.45) is 0 Å². The summed E-state index contributed by atoms with van der Waals surface area (Å²) in [6.07, 6.45) is 1.59. The number of fused-ring (bicyclic) bond motifs is 3. The smallest absolute Gasteiger partial charge is 0.267 e. The average Bonchev–Trinajstić information content (AvgIpc) is 3.00. The second kappa shape index (κ2) is 4.99. The topological polar surface area (TPSA) is 34.4 Å². The number of aromatic nitrogens is 2. The Labute approximate surface area is 135 Å². The molecule has 2 heterocycles. The summed E-state index contributed by atoms with van der Waals surface area (Å²) in [7, 11) is 0. The van der Waals surface area contributed by atoms with E-state index in [0.717, 1.165) is 22.2 Å². The molecule has 0 N–H and O–H groups in total. The maximum absolute atomic E-state index is 13.8. The van der Waals surface area contributed by atoms with Gasteiger partial charge in [0.2, 0.25) is 0 Å². The third kappa shape index (κ3) is 2.16. The van der Waals surface area contributed by atoms with Gasteiger partial charge in [-0.3, -0.25) is 4.79 Å². The molecule has 0 fully saturated rings. The molecule has 2 aromatic carbocycles. The van der Waals surface area contributed by atoms with E-state index < -0.39 is 0 Å². The lowest BCUT2D eigenvalue weighted by molar-refractivity contribution is 0.625. The normalized spacial score (nSPS) is 12.6. The largest absolute Gasteiger partial charge is 0.274 e. The zero-order valence-electron chi connectivity index (χ0n) is 12.6. The Kier molecular flexibility index (Phi) is 3.06. The Bertz CT molecular complexity index is 1170. The van der Waals surface area contributed by atoms with Crippen LogP contribution in [0.25, 0.3) is 22.1 Å². The van der Waals surface area contributed by atoms with E-state index in [1.54, 1.807) is 28.7 Å². The quantitative estimate of drug-likeness (QED) is 0.539. The first-order chi connectivity index (χ1) is 11.0. The van der Waals surface area contributed by atoms with Gasteiger partial charge >= 0.3 is 0 Å². The zero-order valence-corrected chi connectivity index (χ0v) is 13.4. The second-order valence-corrected chi connectivity index (χ2v) is 6.60. The first-order valence-electron chi connectivity index (χ1n) is 7.23. The molecule has 0 atom stereocenters. The maximum Gasteiger partial charge on any atom is 0.274 e. The first-order valence-corrected chi connectivity index (χ1v) is 8.05. The number of thiazole rings is 1. The van der Waals surface area contributed by atoms with E-state index in [1.807, 2.05) is 26.0 Å². The lowest BCUT2D eigenvalue weighted by atomic mass is 10.1. The highest BCUT2D eigenvalue weighted by Gasteiger charge is 2.12. The van der Waals surface area contributed by atoms with Gasteiger partial charge in [0.25, 0.3) is 5.56 Å². The van der Waals surface area contributed by atoms with Crippen LogP contribution in [0.2, 0.25) is 0 Å². The van der Waals surface area contributed by atoms with Crippen molar-refractivity contribution in [2.45, 2.75) is 13.8 Å². The molecule has 0 saturated heterocycles. The molecule has 23 heavy (non-hydrogen) atoms. The Morgan fingerprint density at radius 1 is 1.17 bits per heavy atom. The van der Waals surface area contributed by atoms with Gasteiger partial charge in [0.1, 0.15) is 5.82 Å². The maximum atomic E-state index is 13.8. The highest BCUT2D eigenvalue weighted by Crippen LogP contribution is 2.20. The average molecular weight is 324 g/mol. The SMILES string of the molecule is Cc1cc2nc3s/c(=C/c4ccccc4F)c(=O)n3c2cc1C. The molecule has 0 bridgehead atoms. The van der Waals surface area contributed by atoms with Crippen LogP contribution in [0.4, 0.5) is 4.39 Å². The Hall–Kier alpha value is -2.53. The molecule has 0 amide bonds. The standard InChI is InChI=1S/C18H13FN2OS/c1-10-7-14-15(8-11(10)2)21-17(22)16(23-18(21)20-14)9-12-5-3-4-6-13(12)19/h3-9H,1-2H3/b16-9+. The van der Waals surface area contributed by atoms with E-state index in [0.29, 0.717) is 15.1 Å². The van der Waals surface area contributed by atoms with E-state index in [9.17, 15) is 9.18 Å². The van der Waals surface area contributed by atoms with Crippen LogP contribution in [0.15, 0.2) is 41.2 Å². The van der Waals surface area contributed by atoms with Crippen LogP contribution in [0.3, 0.4) is 0 Å². The Morgan fingerprint density at radius 3 is 2.70 bits per heavy atom. The fourth-order valence-electron chi connectivity index (χ4n) is 2.65. The molecular formula is C18H13FN2OS. The van der Waals surface area contributed by atoms with Crippen molar-refractivity contribution < 1.29 is 4.39 Å². The van der Waals surface area contributed by atoms with Crippen molar-refractivity contribution in [1.29, 1.82) is 0 Å². The predicted octanol–water partition coefficient (Wildman–Crippen LogP) is 3.21. The monoisotopic (exact) mass is 324 g/mol. The summed E-state index contributed by atoms with van der Waals surface area (Å²) in [5.41, 5.74) is 4.13.